The largest absolute Gasteiger partial charge is 0.491 e. The van der Waals surface area contributed by atoms with Gasteiger partial charge in [0.25, 0.3) is 0 Å². The van der Waals surface area contributed by atoms with Crippen LogP contribution in [0.2, 0.25) is 0 Å². The van der Waals surface area contributed by atoms with Crippen LogP contribution in [0.4, 0.5) is 26.3 Å². The maximum atomic E-state index is 13.1. The number of carbonyl (C=O) groups is 3. The quantitative estimate of drug-likeness (QED) is 0.0793. The first-order valence-electron chi connectivity index (χ1n) is 15.7. The number of aromatic amines is 1. The molecule has 0 atom stereocenters. The molecular weight excluding hydrogens is 698 g/mol. The van der Waals surface area contributed by atoms with Crippen molar-refractivity contribution in [1.82, 2.24) is 20.1 Å². The molecule has 0 saturated heterocycles. The van der Waals surface area contributed by atoms with E-state index in [-0.39, 0.29) is 36.8 Å². The second-order valence-electron chi connectivity index (χ2n) is 10.9. The molecule has 0 bridgehead atoms. The van der Waals surface area contributed by atoms with E-state index in [1.165, 1.54) is 36.4 Å². The van der Waals surface area contributed by atoms with Crippen molar-refractivity contribution in [2.75, 3.05) is 59.0 Å². The Morgan fingerprint density at radius 2 is 1.48 bits per heavy atom. The van der Waals surface area contributed by atoms with Crippen LogP contribution in [0.5, 0.6) is 11.5 Å². The second kappa shape index (κ2) is 18.8. The molecule has 0 radical (unpaired) electrons. The molecule has 276 valence electrons. The number of H-pyrrole nitrogens is 1. The van der Waals surface area contributed by atoms with Crippen LogP contribution in [0.15, 0.2) is 41.2 Å². The van der Waals surface area contributed by atoms with Gasteiger partial charge >= 0.3 is 29.2 Å². The SMILES string of the molecule is CCN(CC)CCN(CCNCCc1ccc(OC(=O)C(F)(F)F)c2[nH]c(=O)sc12)C(=O)CCOCCc1ccc(OC(=O)C(F)(F)F)cc1. The number of esters is 2. The lowest BCUT2D eigenvalue weighted by atomic mass is 10.1. The van der Waals surface area contributed by atoms with Gasteiger partial charge in [-0.05, 0) is 61.8 Å². The van der Waals surface area contributed by atoms with E-state index in [0.29, 0.717) is 55.8 Å². The highest BCUT2D eigenvalue weighted by Gasteiger charge is 2.42. The number of likely N-dealkylation sites (N-methyl/N-ethyl adjacent to an activating group) is 1. The van der Waals surface area contributed by atoms with Crippen LogP contribution in [0, 0.1) is 0 Å². The summed E-state index contributed by atoms with van der Waals surface area (Å²) in [5.74, 6) is -5.43. The smallest absolute Gasteiger partial charge is 0.420 e. The summed E-state index contributed by atoms with van der Waals surface area (Å²) in [5, 5.41) is 3.25. The van der Waals surface area contributed by atoms with Crippen LogP contribution < -0.4 is 19.7 Å². The van der Waals surface area contributed by atoms with Gasteiger partial charge in [-0.25, -0.2) is 9.59 Å². The minimum absolute atomic E-state index is 0.00977. The van der Waals surface area contributed by atoms with Gasteiger partial charge in [0.15, 0.2) is 5.75 Å². The van der Waals surface area contributed by atoms with Gasteiger partial charge in [-0.2, -0.15) is 26.3 Å². The number of alkyl halides is 6. The van der Waals surface area contributed by atoms with E-state index in [1.807, 2.05) is 13.8 Å². The molecule has 3 rings (SSSR count). The number of hydrogen-bond donors (Lipinski definition) is 2. The Bertz CT molecular complexity index is 1620. The van der Waals surface area contributed by atoms with E-state index < -0.39 is 34.9 Å². The zero-order valence-electron chi connectivity index (χ0n) is 27.4. The molecule has 50 heavy (non-hydrogen) atoms. The number of nitrogens with zero attached hydrogens (tertiary/aromatic N) is 2. The molecule has 0 fully saturated rings. The van der Waals surface area contributed by atoms with Crippen LogP contribution in [-0.2, 0) is 32.0 Å². The predicted octanol–water partition coefficient (Wildman–Crippen LogP) is 4.48. The average molecular weight is 737 g/mol. The Morgan fingerprint density at radius 3 is 2.12 bits per heavy atom. The predicted molar refractivity (Wildman–Crippen MR) is 172 cm³/mol. The Kier molecular flexibility index (Phi) is 15.2. The fourth-order valence-corrected chi connectivity index (χ4v) is 5.62. The van der Waals surface area contributed by atoms with Crippen molar-refractivity contribution in [1.29, 1.82) is 0 Å². The van der Waals surface area contributed by atoms with Crippen molar-refractivity contribution in [3.05, 3.63) is 57.2 Å². The molecule has 0 aliphatic carbocycles. The molecule has 2 N–H and O–H groups in total. The van der Waals surface area contributed by atoms with E-state index in [0.717, 1.165) is 30.0 Å². The van der Waals surface area contributed by atoms with E-state index in [9.17, 15) is 45.5 Å². The highest BCUT2D eigenvalue weighted by molar-refractivity contribution is 7.16. The number of hydrogen-bond acceptors (Lipinski definition) is 10. The third-order valence-electron chi connectivity index (χ3n) is 7.48. The zero-order valence-corrected chi connectivity index (χ0v) is 28.2. The standard InChI is InChI=1S/C32H38F6N4O7S/c1-3-41(4-2)17-18-42(25(43)13-20-47-19-12-21-5-8-23(9-6-21)48-28(44)31(33,34)35)16-15-39-14-11-22-7-10-24(49-29(45)32(36,37)38)26-27(22)50-30(46)40-26/h5-10,39H,3-4,11-20H2,1-2H3,(H,40,46). The molecule has 0 unspecified atom stereocenters. The van der Waals surface area contributed by atoms with Gasteiger partial charge in [-0.15, -0.1) is 0 Å². The zero-order chi connectivity index (χ0) is 36.9. The molecule has 11 nitrogen and oxygen atoms in total. The summed E-state index contributed by atoms with van der Waals surface area (Å²) in [6.45, 7) is 8.51. The summed E-state index contributed by atoms with van der Waals surface area (Å²) in [5.41, 5.74) is 1.41. The summed E-state index contributed by atoms with van der Waals surface area (Å²) < 4.78 is 89.9. The van der Waals surface area contributed by atoms with Crippen LogP contribution >= 0.6 is 11.3 Å². The third-order valence-corrected chi connectivity index (χ3v) is 8.44. The fraction of sp³-hybridized carbons (Fsp3) is 0.500. The molecule has 0 aliphatic heterocycles. The summed E-state index contributed by atoms with van der Waals surface area (Å²) in [4.78, 5) is 53.2. The van der Waals surface area contributed by atoms with Gasteiger partial charge < -0.3 is 34.3 Å². The summed E-state index contributed by atoms with van der Waals surface area (Å²) in [6.07, 6.45) is -9.33. The van der Waals surface area contributed by atoms with Gasteiger partial charge in [0, 0.05) is 26.2 Å². The minimum atomic E-state index is -5.19. The first kappa shape index (κ1) is 40.4. The third kappa shape index (κ3) is 12.7. The highest BCUT2D eigenvalue weighted by atomic mass is 32.1. The highest BCUT2D eigenvalue weighted by Crippen LogP contribution is 2.31. The lowest BCUT2D eigenvalue weighted by molar-refractivity contribution is -0.189. The van der Waals surface area contributed by atoms with Gasteiger partial charge in [-0.3, -0.25) is 9.59 Å². The Morgan fingerprint density at radius 1 is 0.820 bits per heavy atom. The van der Waals surface area contributed by atoms with Gasteiger partial charge in [0.2, 0.25) is 5.91 Å². The van der Waals surface area contributed by atoms with E-state index in [1.54, 1.807) is 4.90 Å². The number of aromatic nitrogens is 1. The molecule has 1 heterocycles. The monoisotopic (exact) mass is 736 g/mol. The van der Waals surface area contributed by atoms with Crippen LogP contribution in [0.25, 0.3) is 10.2 Å². The Labute approximate surface area is 287 Å². The van der Waals surface area contributed by atoms with Crippen molar-refractivity contribution < 1.29 is 54.9 Å². The molecule has 1 aromatic heterocycles. The van der Waals surface area contributed by atoms with Crippen molar-refractivity contribution in [2.45, 2.75) is 45.5 Å². The first-order chi connectivity index (χ1) is 23.6. The molecule has 1 amide bonds. The Hall–Kier alpha value is -4.00. The maximum Gasteiger partial charge on any atom is 0.491 e. The minimum Gasteiger partial charge on any atom is -0.420 e. The van der Waals surface area contributed by atoms with Crippen molar-refractivity contribution >= 4 is 39.4 Å². The number of carbonyl (C=O) groups excluding carboxylic acids is 3. The second-order valence-corrected chi connectivity index (χ2v) is 11.9. The molecule has 2 aromatic carbocycles. The maximum absolute atomic E-state index is 13.1. The first-order valence-corrected chi connectivity index (χ1v) is 16.5. The summed E-state index contributed by atoms with van der Waals surface area (Å²) >= 11 is 0.795. The molecule has 0 spiro atoms. The van der Waals surface area contributed by atoms with E-state index >= 15 is 0 Å². The molecule has 0 aliphatic rings. The number of benzene rings is 2. The topological polar surface area (TPSA) is 130 Å². The average Bonchev–Trinajstić information content (AvgIpc) is 3.46. The van der Waals surface area contributed by atoms with E-state index in [2.05, 4.69) is 24.7 Å². The van der Waals surface area contributed by atoms with Gasteiger partial charge in [0.1, 0.15) is 11.3 Å². The number of rotatable bonds is 19. The molecule has 0 saturated carbocycles. The number of halogens is 6. The van der Waals surface area contributed by atoms with Crippen LogP contribution in [0.3, 0.4) is 0 Å². The Balaban J connectivity index is 1.47. The van der Waals surface area contributed by atoms with Crippen LogP contribution in [-0.4, -0.2) is 104 Å². The molecule has 18 heteroatoms. The fourth-order valence-electron chi connectivity index (χ4n) is 4.73. The van der Waals surface area contributed by atoms with Crippen molar-refractivity contribution in [3.8, 4) is 11.5 Å². The molecule has 3 aromatic rings. The number of amides is 1. The number of fused-ring (bicyclic) bond motifs is 1. The number of ether oxygens (including phenoxy) is 3. The van der Waals surface area contributed by atoms with Gasteiger partial charge in [0.05, 0.1) is 24.3 Å². The summed E-state index contributed by atoms with van der Waals surface area (Å²) in [6, 6.07) is 8.24. The normalized spacial score (nSPS) is 12.0. The summed E-state index contributed by atoms with van der Waals surface area (Å²) in [7, 11) is 0. The van der Waals surface area contributed by atoms with E-state index in [4.69, 9.17) is 4.74 Å². The molecular formula is C32H38F6N4O7S. The van der Waals surface area contributed by atoms with Crippen molar-refractivity contribution in [2.24, 2.45) is 0 Å². The van der Waals surface area contributed by atoms with Crippen LogP contribution in [0.1, 0.15) is 31.4 Å². The van der Waals surface area contributed by atoms with Crippen molar-refractivity contribution in [3.63, 3.8) is 0 Å². The van der Waals surface area contributed by atoms with Gasteiger partial charge in [-0.1, -0.05) is 43.4 Å². The lowest BCUT2D eigenvalue weighted by Gasteiger charge is -2.27. The lowest BCUT2D eigenvalue weighted by Crippen LogP contribution is -2.42. The number of thiazole rings is 1. The number of nitrogens with one attached hydrogen (secondary N) is 2.